The molecule has 164 valence electrons. The van der Waals surface area contributed by atoms with Crippen LogP contribution in [0.1, 0.15) is 48.7 Å². The van der Waals surface area contributed by atoms with E-state index in [0.717, 1.165) is 17.7 Å². The summed E-state index contributed by atoms with van der Waals surface area (Å²) in [5, 5.41) is 25.0. The Labute approximate surface area is 175 Å². The maximum Gasteiger partial charge on any atom is 0.438 e. The van der Waals surface area contributed by atoms with E-state index in [-0.39, 0.29) is 32.9 Å². The Morgan fingerprint density at radius 3 is 2.10 bits per heavy atom. The summed E-state index contributed by atoms with van der Waals surface area (Å²) in [6.07, 6.45) is -6.18. The zero-order valence-electron chi connectivity index (χ0n) is 17.0. The molecule has 0 radical (unpaired) electrons. The van der Waals surface area contributed by atoms with Gasteiger partial charge in [0, 0.05) is 17.7 Å². The van der Waals surface area contributed by atoms with E-state index in [1.807, 2.05) is 20.8 Å². The molecule has 0 fully saturated rings. The lowest BCUT2D eigenvalue weighted by Crippen LogP contribution is -2.56. The monoisotopic (exact) mass is 435 g/mol. The van der Waals surface area contributed by atoms with Crippen molar-refractivity contribution in [2.24, 2.45) is 5.10 Å². The van der Waals surface area contributed by atoms with Gasteiger partial charge < -0.3 is 5.11 Å². The standard InChI is InChI=1S/C21H20F3N3O4/c1-19(2,3)15-8-4-14(5-9-15)18(28)26-20(29,21(22,23)24)12-17(25-26)13-6-10-16(11-7-13)27(30)31/h4-11,29H,12H2,1-3H3/t20-/m0/s1. The maximum atomic E-state index is 13.7. The van der Waals surface area contributed by atoms with Crippen molar-refractivity contribution in [3.8, 4) is 0 Å². The number of benzene rings is 2. The number of nitrogens with zero attached hydrogens (tertiary/aromatic N) is 3. The summed E-state index contributed by atoms with van der Waals surface area (Å²) in [7, 11) is 0. The van der Waals surface area contributed by atoms with Gasteiger partial charge in [-0.25, -0.2) is 0 Å². The third kappa shape index (κ3) is 4.15. The predicted molar refractivity (Wildman–Crippen MR) is 107 cm³/mol. The zero-order chi connectivity index (χ0) is 23.2. The fraction of sp³-hybridized carbons (Fsp3) is 0.333. The molecule has 7 nitrogen and oxygen atoms in total. The van der Waals surface area contributed by atoms with E-state index in [1.54, 1.807) is 12.1 Å². The van der Waals surface area contributed by atoms with Gasteiger partial charge in [-0.15, -0.1) is 0 Å². The normalized spacial score (nSPS) is 19.3. The molecule has 0 aromatic heterocycles. The number of hydrogen-bond donors (Lipinski definition) is 1. The van der Waals surface area contributed by atoms with Gasteiger partial charge in [-0.05, 0) is 40.8 Å². The van der Waals surface area contributed by atoms with Crippen LogP contribution in [0.5, 0.6) is 0 Å². The molecule has 0 saturated heterocycles. The number of hydrazone groups is 1. The fourth-order valence-corrected chi connectivity index (χ4v) is 3.15. The van der Waals surface area contributed by atoms with Crippen LogP contribution < -0.4 is 0 Å². The summed E-state index contributed by atoms with van der Waals surface area (Å²) in [4.78, 5) is 23.0. The second-order valence-corrected chi connectivity index (χ2v) is 8.29. The first-order valence-electron chi connectivity index (χ1n) is 9.30. The van der Waals surface area contributed by atoms with E-state index >= 15 is 0 Å². The third-order valence-corrected chi connectivity index (χ3v) is 5.04. The van der Waals surface area contributed by atoms with Gasteiger partial charge in [-0.3, -0.25) is 14.9 Å². The first-order valence-corrected chi connectivity index (χ1v) is 9.30. The van der Waals surface area contributed by atoms with E-state index in [4.69, 9.17) is 0 Å². The largest absolute Gasteiger partial charge is 0.438 e. The number of halogens is 3. The van der Waals surface area contributed by atoms with Gasteiger partial charge in [0.25, 0.3) is 17.3 Å². The first-order chi connectivity index (χ1) is 14.2. The summed E-state index contributed by atoms with van der Waals surface area (Å²) in [5.41, 5.74) is -3.27. The quantitative estimate of drug-likeness (QED) is 0.571. The first kappa shape index (κ1) is 22.4. The zero-order valence-corrected chi connectivity index (χ0v) is 17.0. The minimum atomic E-state index is -5.18. The lowest BCUT2D eigenvalue weighted by molar-refractivity contribution is -0.384. The van der Waals surface area contributed by atoms with Crippen molar-refractivity contribution in [1.29, 1.82) is 0 Å². The minimum Gasteiger partial charge on any atom is -0.362 e. The Balaban J connectivity index is 1.99. The van der Waals surface area contributed by atoms with E-state index < -0.39 is 29.2 Å². The van der Waals surface area contributed by atoms with Crippen LogP contribution in [0.15, 0.2) is 53.6 Å². The molecule has 2 aromatic carbocycles. The van der Waals surface area contributed by atoms with Gasteiger partial charge >= 0.3 is 6.18 Å². The highest BCUT2D eigenvalue weighted by Gasteiger charge is 2.63. The SMILES string of the molecule is CC(C)(C)c1ccc(C(=O)N2N=C(c3ccc([N+](=O)[O-])cc3)C[C@]2(O)C(F)(F)F)cc1. The molecule has 10 heteroatoms. The molecule has 0 spiro atoms. The average Bonchev–Trinajstić information content (AvgIpc) is 3.06. The molecule has 1 N–H and O–H groups in total. The number of nitro groups is 1. The van der Waals surface area contributed by atoms with Crippen molar-refractivity contribution in [2.75, 3.05) is 0 Å². The summed E-state index contributed by atoms with van der Waals surface area (Å²) < 4.78 is 41.2. The highest BCUT2D eigenvalue weighted by atomic mass is 19.4. The van der Waals surface area contributed by atoms with Gasteiger partial charge in [0.1, 0.15) is 0 Å². The van der Waals surface area contributed by atoms with Crippen molar-refractivity contribution in [3.63, 3.8) is 0 Å². The van der Waals surface area contributed by atoms with Crippen LogP contribution in [0.25, 0.3) is 0 Å². The molecule has 0 aliphatic carbocycles. The number of rotatable bonds is 3. The highest BCUT2D eigenvalue weighted by molar-refractivity contribution is 6.05. The second kappa shape index (κ2) is 7.45. The van der Waals surface area contributed by atoms with Gasteiger partial charge in [0.15, 0.2) is 0 Å². The van der Waals surface area contributed by atoms with Crippen LogP contribution in [-0.2, 0) is 5.41 Å². The number of non-ortho nitro benzene ring substituents is 1. The molecule has 1 atom stereocenters. The molecule has 1 aliphatic heterocycles. The number of aliphatic hydroxyl groups is 1. The van der Waals surface area contributed by atoms with Crippen LogP contribution in [-0.4, -0.2) is 38.6 Å². The maximum absolute atomic E-state index is 13.7. The number of carbonyl (C=O) groups is 1. The minimum absolute atomic E-state index is 0.0375. The van der Waals surface area contributed by atoms with Gasteiger partial charge in [0.2, 0.25) is 0 Å². The van der Waals surface area contributed by atoms with Crippen molar-refractivity contribution in [3.05, 3.63) is 75.3 Å². The van der Waals surface area contributed by atoms with E-state index in [2.05, 4.69) is 5.10 Å². The third-order valence-electron chi connectivity index (χ3n) is 5.04. The number of amides is 1. The highest BCUT2D eigenvalue weighted by Crippen LogP contribution is 2.42. The molecule has 0 saturated carbocycles. The second-order valence-electron chi connectivity index (χ2n) is 8.29. The summed E-state index contributed by atoms with van der Waals surface area (Å²) in [6, 6.07) is 10.7. The van der Waals surface area contributed by atoms with Crippen LogP contribution >= 0.6 is 0 Å². The molecule has 1 amide bonds. The molecule has 31 heavy (non-hydrogen) atoms. The Kier molecular flexibility index (Phi) is 5.39. The molecular formula is C21H20F3N3O4. The number of carbonyl (C=O) groups excluding carboxylic acids is 1. The lowest BCUT2D eigenvalue weighted by atomic mass is 9.86. The van der Waals surface area contributed by atoms with Crippen LogP contribution in [0.2, 0.25) is 0 Å². The summed E-state index contributed by atoms with van der Waals surface area (Å²) in [5.74, 6) is -1.11. The van der Waals surface area contributed by atoms with Crippen LogP contribution in [0.3, 0.4) is 0 Å². The van der Waals surface area contributed by atoms with Gasteiger partial charge in [-0.1, -0.05) is 32.9 Å². The fourth-order valence-electron chi connectivity index (χ4n) is 3.15. The van der Waals surface area contributed by atoms with Crippen LogP contribution in [0, 0.1) is 10.1 Å². The Morgan fingerprint density at radius 2 is 1.65 bits per heavy atom. The van der Waals surface area contributed by atoms with E-state index in [1.165, 1.54) is 24.3 Å². The molecule has 1 aliphatic rings. The van der Waals surface area contributed by atoms with E-state index in [9.17, 15) is 33.2 Å². The number of hydrogen-bond acceptors (Lipinski definition) is 5. The van der Waals surface area contributed by atoms with Crippen molar-refractivity contribution >= 4 is 17.3 Å². The van der Waals surface area contributed by atoms with Crippen molar-refractivity contribution in [2.45, 2.75) is 44.5 Å². The molecular weight excluding hydrogens is 415 g/mol. The molecule has 3 rings (SSSR count). The lowest BCUT2D eigenvalue weighted by Gasteiger charge is -2.32. The number of alkyl halides is 3. The molecule has 0 unspecified atom stereocenters. The molecule has 2 aromatic rings. The van der Waals surface area contributed by atoms with Gasteiger partial charge in [-0.2, -0.15) is 23.3 Å². The van der Waals surface area contributed by atoms with Crippen molar-refractivity contribution in [1.82, 2.24) is 5.01 Å². The summed E-state index contributed by atoms with van der Waals surface area (Å²) >= 11 is 0. The average molecular weight is 435 g/mol. The Morgan fingerprint density at radius 1 is 1.10 bits per heavy atom. The Hall–Kier alpha value is -3.27. The predicted octanol–water partition coefficient (Wildman–Crippen LogP) is 4.39. The van der Waals surface area contributed by atoms with Crippen LogP contribution in [0.4, 0.5) is 18.9 Å². The topological polar surface area (TPSA) is 96.0 Å². The Bertz CT molecular complexity index is 1040. The summed E-state index contributed by atoms with van der Waals surface area (Å²) in [6.45, 7) is 5.86. The smallest absolute Gasteiger partial charge is 0.362 e. The molecule has 1 heterocycles. The van der Waals surface area contributed by atoms with E-state index in [0.29, 0.717) is 0 Å². The van der Waals surface area contributed by atoms with Crippen molar-refractivity contribution < 1.29 is 28.0 Å². The molecule has 0 bridgehead atoms. The number of nitro benzene ring substituents is 1. The van der Waals surface area contributed by atoms with Gasteiger partial charge in [0.05, 0.1) is 17.1 Å².